The van der Waals surface area contributed by atoms with E-state index in [1.54, 1.807) is 0 Å². The van der Waals surface area contributed by atoms with Crippen LogP contribution in [-0.2, 0) is 16.0 Å². The van der Waals surface area contributed by atoms with E-state index >= 15 is 0 Å². The maximum atomic E-state index is 12.6. The fourth-order valence-corrected chi connectivity index (χ4v) is 3.18. The second-order valence-electron chi connectivity index (χ2n) is 6.92. The molecule has 0 spiro atoms. The van der Waals surface area contributed by atoms with Gasteiger partial charge in [0.2, 0.25) is 11.8 Å². The highest BCUT2D eigenvalue weighted by Gasteiger charge is 2.23. The number of piperazine rings is 1. The molecular weight excluding hydrogens is 316 g/mol. The van der Waals surface area contributed by atoms with Crippen LogP contribution >= 0.6 is 0 Å². The van der Waals surface area contributed by atoms with Gasteiger partial charge in [0.1, 0.15) is 5.82 Å². The molecule has 2 amide bonds. The monoisotopic (exact) mass is 342 g/mol. The summed E-state index contributed by atoms with van der Waals surface area (Å²) in [5.41, 5.74) is 2.91. The zero-order valence-corrected chi connectivity index (χ0v) is 15.2. The number of amides is 2. The molecule has 2 heterocycles. The van der Waals surface area contributed by atoms with Crippen molar-refractivity contribution in [2.24, 2.45) is 0 Å². The van der Waals surface area contributed by atoms with E-state index in [1.165, 1.54) is 0 Å². The van der Waals surface area contributed by atoms with Gasteiger partial charge in [0.25, 0.3) is 0 Å². The first-order valence-electron chi connectivity index (χ1n) is 9.02. The first-order chi connectivity index (χ1) is 12.0. The topological polar surface area (TPSA) is 69.3 Å². The van der Waals surface area contributed by atoms with Crippen LogP contribution in [0.4, 0.5) is 0 Å². The van der Waals surface area contributed by atoms with E-state index in [0.29, 0.717) is 44.9 Å². The minimum absolute atomic E-state index is 0.117. The minimum atomic E-state index is 0.117. The average Bonchev–Trinajstić information content (AvgIpc) is 3.05. The lowest BCUT2D eigenvalue weighted by atomic mass is 10.1. The predicted octanol–water partition coefficient (Wildman–Crippen LogP) is 2.31. The summed E-state index contributed by atoms with van der Waals surface area (Å²) >= 11 is 0. The molecule has 0 unspecified atom stereocenters. The second kappa shape index (κ2) is 7.25. The van der Waals surface area contributed by atoms with E-state index in [2.05, 4.69) is 23.8 Å². The molecule has 1 aromatic heterocycles. The number of hydrogen-bond acceptors (Lipinski definition) is 3. The van der Waals surface area contributed by atoms with Gasteiger partial charge in [-0.15, -0.1) is 0 Å². The number of nitrogens with one attached hydrogen (secondary N) is 1. The lowest BCUT2D eigenvalue weighted by Gasteiger charge is -2.34. The van der Waals surface area contributed by atoms with Gasteiger partial charge < -0.3 is 14.8 Å². The highest BCUT2D eigenvalue weighted by Crippen LogP contribution is 2.19. The molecule has 25 heavy (non-hydrogen) atoms. The summed E-state index contributed by atoms with van der Waals surface area (Å²) in [6.07, 6.45) is 0.907. The van der Waals surface area contributed by atoms with Crippen molar-refractivity contribution in [1.29, 1.82) is 0 Å². The van der Waals surface area contributed by atoms with E-state index in [-0.39, 0.29) is 11.8 Å². The van der Waals surface area contributed by atoms with Crippen molar-refractivity contribution in [2.45, 2.75) is 39.5 Å². The largest absolute Gasteiger partial charge is 0.342 e. The van der Waals surface area contributed by atoms with Gasteiger partial charge in [-0.25, -0.2) is 4.98 Å². The fraction of sp³-hybridized carbons (Fsp3) is 0.526. The smallest absolute Gasteiger partial charge is 0.227 e. The van der Waals surface area contributed by atoms with E-state index < -0.39 is 0 Å². The number of nitrogens with zero attached hydrogens (tertiary/aromatic N) is 3. The van der Waals surface area contributed by atoms with Crippen LogP contribution in [0.5, 0.6) is 0 Å². The van der Waals surface area contributed by atoms with Crippen LogP contribution < -0.4 is 0 Å². The van der Waals surface area contributed by atoms with Crippen LogP contribution in [0, 0.1) is 0 Å². The van der Waals surface area contributed by atoms with Gasteiger partial charge in [-0.2, -0.15) is 0 Å². The Kier molecular flexibility index (Phi) is 5.06. The molecule has 0 saturated carbocycles. The first-order valence-corrected chi connectivity index (χ1v) is 9.02. The molecule has 1 aromatic carbocycles. The van der Waals surface area contributed by atoms with E-state index in [4.69, 9.17) is 0 Å². The van der Waals surface area contributed by atoms with Crippen molar-refractivity contribution in [2.75, 3.05) is 26.2 Å². The SMILES string of the molecule is CCC(=O)N1CCN(C(=O)Cc2ccc3nc(C(C)C)[nH]c3c2)CC1. The van der Waals surface area contributed by atoms with Crippen LogP contribution in [-0.4, -0.2) is 57.8 Å². The lowest BCUT2D eigenvalue weighted by Crippen LogP contribution is -2.50. The predicted molar refractivity (Wildman–Crippen MR) is 97.3 cm³/mol. The maximum absolute atomic E-state index is 12.6. The Morgan fingerprint density at radius 1 is 1.12 bits per heavy atom. The maximum Gasteiger partial charge on any atom is 0.227 e. The number of rotatable bonds is 4. The van der Waals surface area contributed by atoms with E-state index in [9.17, 15) is 9.59 Å². The number of H-pyrrole nitrogens is 1. The Balaban J connectivity index is 1.63. The molecule has 0 atom stereocenters. The van der Waals surface area contributed by atoms with Crippen molar-refractivity contribution in [1.82, 2.24) is 19.8 Å². The summed E-state index contributed by atoms with van der Waals surface area (Å²) in [4.78, 5) is 35.9. The number of fused-ring (bicyclic) bond motifs is 1. The number of aromatic amines is 1. The van der Waals surface area contributed by atoms with Gasteiger partial charge in [-0.05, 0) is 17.7 Å². The van der Waals surface area contributed by atoms with Crippen molar-refractivity contribution in [3.8, 4) is 0 Å². The molecule has 1 N–H and O–H groups in total. The third-order valence-electron chi connectivity index (χ3n) is 4.75. The molecule has 1 saturated heterocycles. The Bertz CT molecular complexity index is 773. The number of hydrogen-bond donors (Lipinski definition) is 1. The minimum Gasteiger partial charge on any atom is -0.342 e. The summed E-state index contributed by atoms with van der Waals surface area (Å²) in [6, 6.07) is 5.96. The third kappa shape index (κ3) is 3.83. The molecule has 1 aliphatic heterocycles. The lowest BCUT2D eigenvalue weighted by molar-refractivity contribution is -0.139. The van der Waals surface area contributed by atoms with Crippen molar-refractivity contribution < 1.29 is 9.59 Å². The van der Waals surface area contributed by atoms with Crippen LogP contribution in [0.15, 0.2) is 18.2 Å². The van der Waals surface area contributed by atoms with Gasteiger partial charge in [0.15, 0.2) is 0 Å². The average molecular weight is 342 g/mol. The summed E-state index contributed by atoms with van der Waals surface area (Å²) in [7, 11) is 0. The van der Waals surface area contributed by atoms with Crippen LogP contribution in [0.2, 0.25) is 0 Å². The quantitative estimate of drug-likeness (QED) is 0.927. The number of benzene rings is 1. The van der Waals surface area contributed by atoms with Crippen molar-refractivity contribution in [3.05, 3.63) is 29.6 Å². The van der Waals surface area contributed by atoms with Gasteiger partial charge >= 0.3 is 0 Å². The molecule has 2 aromatic rings. The number of aromatic nitrogens is 2. The Morgan fingerprint density at radius 2 is 1.76 bits per heavy atom. The third-order valence-corrected chi connectivity index (χ3v) is 4.75. The molecule has 134 valence electrons. The molecule has 3 rings (SSSR count). The van der Waals surface area contributed by atoms with Crippen LogP contribution in [0.25, 0.3) is 11.0 Å². The van der Waals surface area contributed by atoms with Gasteiger partial charge in [-0.1, -0.05) is 26.8 Å². The van der Waals surface area contributed by atoms with Gasteiger partial charge in [0, 0.05) is 38.5 Å². The number of carbonyl (C=O) groups is 2. The van der Waals surface area contributed by atoms with E-state index in [1.807, 2.05) is 34.9 Å². The Hall–Kier alpha value is -2.37. The fourth-order valence-electron chi connectivity index (χ4n) is 3.18. The van der Waals surface area contributed by atoms with Crippen LogP contribution in [0.3, 0.4) is 0 Å². The molecule has 1 fully saturated rings. The highest BCUT2D eigenvalue weighted by molar-refractivity contribution is 5.82. The summed E-state index contributed by atoms with van der Waals surface area (Å²) in [6.45, 7) is 8.58. The molecule has 6 heteroatoms. The van der Waals surface area contributed by atoms with Crippen molar-refractivity contribution in [3.63, 3.8) is 0 Å². The molecular formula is C19H26N4O2. The van der Waals surface area contributed by atoms with Crippen molar-refractivity contribution >= 4 is 22.8 Å². The standard InChI is InChI=1S/C19H26N4O2/c1-4-17(24)22-7-9-23(10-8-22)18(25)12-14-5-6-15-16(11-14)21-19(20-15)13(2)3/h5-6,11,13H,4,7-10,12H2,1-3H3,(H,20,21). The van der Waals surface area contributed by atoms with E-state index in [0.717, 1.165) is 22.4 Å². The molecule has 0 bridgehead atoms. The molecule has 6 nitrogen and oxygen atoms in total. The summed E-state index contributed by atoms with van der Waals surface area (Å²) in [5, 5.41) is 0. The molecule has 0 aliphatic carbocycles. The van der Waals surface area contributed by atoms with Crippen LogP contribution in [0.1, 0.15) is 44.5 Å². The summed E-state index contributed by atoms with van der Waals surface area (Å²) in [5.74, 6) is 1.60. The first kappa shape index (κ1) is 17.5. The normalized spacial score (nSPS) is 15.2. The molecule has 0 radical (unpaired) electrons. The zero-order chi connectivity index (χ0) is 18.0. The Morgan fingerprint density at radius 3 is 2.36 bits per heavy atom. The zero-order valence-electron chi connectivity index (χ0n) is 15.2. The summed E-state index contributed by atoms with van der Waals surface area (Å²) < 4.78 is 0. The number of imidazole rings is 1. The van der Waals surface area contributed by atoms with Gasteiger partial charge in [0.05, 0.1) is 17.5 Å². The number of carbonyl (C=O) groups excluding carboxylic acids is 2. The second-order valence-corrected chi connectivity index (χ2v) is 6.92. The van der Waals surface area contributed by atoms with Gasteiger partial charge in [-0.3, -0.25) is 9.59 Å². The molecule has 1 aliphatic rings. The highest BCUT2D eigenvalue weighted by atomic mass is 16.2. The Labute approximate surface area is 148 Å².